The number of hydrogen-bond donors (Lipinski definition) is 2. The molecule has 3 aromatic heterocycles. The van der Waals surface area contributed by atoms with E-state index in [0.29, 0.717) is 10.6 Å². The molecule has 8 heteroatoms. The zero-order chi connectivity index (χ0) is 17.2. The molecule has 0 aliphatic heterocycles. The number of aryl methyl sites for hydroxylation is 1. The van der Waals surface area contributed by atoms with Crippen molar-refractivity contribution in [3.63, 3.8) is 0 Å². The minimum absolute atomic E-state index is 0.206. The Labute approximate surface area is 148 Å². The lowest BCUT2D eigenvalue weighted by Gasteiger charge is -2.25. The van der Waals surface area contributed by atoms with Gasteiger partial charge in [0, 0.05) is 9.75 Å². The lowest BCUT2D eigenvalue weighted by atomic mass is 9.99. The highest BCUT2D eigenvalue weighted by atomic mass is 32.2. The molecule has 3 heterocycles. The van der Waals surface area contributed by atoms with E-state index in [0.717, 1.165) is 11.3 Å². The molecule has 3 rings (SSSR count). The number of rotatable bonds is 7. The minimum atomic E-state index is -3.69. The van der Waals surface area contributed by atoms with Crippen LogP contribution in [0.1, 0.15) is 22.4 Å². The second-order valence-corrected chi connectivity index (χ2v) is 9.32. The first kappa shape index (κ1) is 17.4. The van der Waals surface area contributed by atoms with Gasteiger partial charge in [-0.2, -0.15) is 0 Å². The zero-order valence-corrected chi connectivity index (χ0v) is 15.4. The lowest BCUT2D eigenvalue weighted by Crippen LogP contribution is -2.40. The molecule has 5 nitrogen and oxygen atoms in total. The second kappa shape index (κ2) is 6.81. The number of nitrogens with one attached hydrogen (secondary N) is 1. The molecule has 0 radical (unpaired) electrons. The molecule has 0 spiro atoms. The fraction of sp³-hybridized carbons (Fsp3) is 0.250. The van der Waals surface area contributed by atoms with Crippen molar-refractivity contribution < 1.29 is 17.9 Å². The summed E-state index contributed by atoms with van der Waals surface area (Å²) in [5.41, 5.74) is -1.55. The number of aliphatic hydroxyl groups is 1. The first-order valence-corrected chi connectivity index (χ1v) is 10.5. The second-order valence-electron chi connectivity index (χ2n) is 5.21. The van der Waals surface area contributed by atoms with Gasteiger partial charge in [-0.15, -0.1) is 22.7 Å². The van der Waals surface area contributed by atoms with E-state index in [1.54, 1.807) is 36.4 Å². The number of sulfonamides is 1. The van der Waals surface area contributed by atoms with Gasteiger partial charge in [0.25, 0.3) is 0 Å². The third kappa shape index (κ3) is 3.33. The third-order valence-corrected chi connectivity index (χ3v) is 7.77. The van der Waals surface area contributed by atoms with Gasteiger partial charge in [0.05, 0.1) is 12.8 Å². The van der Waals surface area contributed by atoms with E-state index in [-0.39, 0.29) is 10.8 Å². The molecule has 3 aromatic rings. The van der Waals surface area contributed by atoms with Crippen LogP contribution < -0.4 is 4.72 Å². The van der Waals surface area contributed by atoms with Gasteiger partial charge in [0.1, 0.15) is 9.97 Å². The van der Waals surface area contributed by atoms with Gasteiger partial charge in [0.15, 0.2) is 5.60 Å². The van der Waals surface area contributed by atoms with E-state index in [9.17, 15) is 13.5 Å². The lowest BCUT2D eigenvalue weighted by molar-refractivity contribution is 0.0655. The number of thiophene rings is 2. The molecule has 0 bridgehead atoms. The normalized spacial score (nSPS) is 14.6. The van der Waals surface area contributed by atoms with E-state index in [4.69, 9.17) is 4.42 Å². The van der Waals surface area contributed by atoms with Gasteiger partial charge in [-0.25, -0.2) is 13.1 Å². The summed E-state index contributed by atoms with van der Waals surface area (Å²) < 4.78 is 33.1. The first-order valence-electron chi connectivity index (χ1n) is 7.34. The van der Waals surface area contributed by atoms with Crippen molar-refractivity contribution in [2.24, 2.45) is 0 Å². The van der Waals surface area contributed by atoms with Gasteiger partial charge in [-0.05, 0) is 42.1 Å². The average Bonchev–Trinajstić information content (AvgIpc) is 3.34. The molecular weight excluding hydrogens is 366 g/mol. The van der Waals surface area contributed by atoms with Crippen molar-refractivity contribution in [2.45, 2.75) is 23.2 Å². The van der Waals surface area contributed by atoms with Crippen molar-refractivity contribution in [2.75, 3.05) is 6.54 Å². The van der Waals surface area contributed by atoms with Crippen molar-refractivity contribution in [3.8, 4) is 0 Å². The molecule has 24 heavy (non-hydrogen) atoms. The SMILES string of the molecule is CCc1ccc(S(=O)(=O)NCC(O)(c2ccco2)c2cccs2)s1. The van der Waals surface area contributed by atoms with Crippen LogP contribution >= 0.6 is 22.7 Å². The molecule has 0 fully saturated rings. The summed E-state index contributed by atoms with van der Waals surface area (Å²) in [4.78, 5) is 1.61. The minimum Gasteiger partial charge on any atom is -0.466 e. The molecule has 0 saturated carbocycles. The first-order chi connectivity index (χ1) is 11.5. The van der Waals surface area contributed by atoms with Gasteiger partial charge in [-0.3, -0.25) is 0 Å². The monoisotopic (exact) mass is 383 g/mol. The summed E-state index contributed by atoms with van der Waals surface area (Å²) in [6, 6.07) is 10.2. The third-order valence-electron chi connectivity index (χ3n) is 3.63. The summed E-state index contributed by atoms with van der Waals surface area (Å²) in [5.74, 6) is 0.299. The predicted molar refractivity (Wildman–Crippen MR) is 94.9 cm³/mol. The Morgan fingerprint density at radius 1 is 1.25 bits per heavy atom. The molecule has 0 aliphatic rings. The molecule has 128 valence electrons. The van der Waals surface area contributed by atoms with Crippen molar-refractivity contribution in [3.05, 3.63) is 63.6 Å². The smallest absolute Gasteiger partial charge is 0.250 e. The van der Waals surface area contributed by atoms with E-state index >= 15 is 0 Å². The molecule has 0 amide bonds. The van der Waals surface area contributed by atoms with Gasteiger partial charge < -0.3 is 9.52 Å². The average molecular weight is 384 g/mol. The quantitative estimate of drug-likeness (QED) is 0.657. The Bertz CT molecular complexity index is 846. The molecular formula is C16H17NO4S3. The van der Waals surface area contributed by atoms with E-state index < -0.39 is 15.6 Å². The molecule has 1 unspecified atom stereocenters. The Morgan fingerprint density at radius 2 is 2.08 bits per heavy atom. The summed E-state index contributed by atoms with van der Waals surface area (Å²) in [6.45, 7) is 1.77. The fourth-order valence-corrected chi connectivity index (χ4v) is 5.52. The van der Waals surface area contributed by atoms with Crippen LogP contribution in [0.2, 0.25) is 0 Å². The van der Waals surface area contributed by atoms with Crippen LogP contribution in [0.3, 0.4) is 0 Å². The van der Waals surface area contributed by atoms with E-state index in [1.807, 2.05) is 12.3 Å². The van der Waals surface area contributed by atoms with E-state index in [2.05, 4.69) is 4.72 Å². The summed E-state index contributed by atoms with van der Waals surface area (Å²) in [7, 11) is -3.69. The molecule has 1 atom stereocenters. The van der Waals surface area contributed by atoms with Crippen LogP contribution in [0.4, 0.5) is 0 Å². The van der Waals surface area contributed by atoms with Crippen LogP contribution in [-0.4, -0.2) is 20.1 Å². The van der Waals surface area contributed by atoms with Crippen molar-refractivity contribution >= 4 is 32.7 Å². The van der Waals surface area contributed by atoms with Crippen molar-refractivity contribution in [1.82, 2.24) is 4.72 Å². The van der Waals surface area contributed by atoms with Gasteiger partial charge in [-0.1, -0.05) is 13.0 Å². The van der Waals surface area contributed by atoms with Crippen LogP contribution in [0, 0.1) is 0 Å². The Morgan fingerprint density at radius 3 is 2.67 bits per heavy atom. The van der Waals surface area contributed by atoms with Crippen LogP contribution in [-0.2, 0) is 22.0 Å². The molecule has 0 aliphatic carbocycles. The Hall–Kier alpha value is -1.45. The highest BCUT2D eigenvalue weighted by molar-refractivity contribution is 7.91. The predicted octanol–water partition coefficient (Wildman–Crippen LogP) is 3.18. The molecule has 0 aromatic carbocycles. The molecule has 0 saturated heterocycles. The standard InChI is InChI=1S/C16H17NO4S3/c1-2-12-7-8-15(23-12)24(19,20)17-11-16(18,13-5-3-9-21-13)14-6-4-10-22-14/h3-10,17-18H,2,11H2,1H3. The van der Waals surface area contributed by atoms with Crippen LogP contribution in [0.25, 0.3) is 0 Å². The highest BCUT2D eigenvalue weighted by Crippen LogP contribution is 2.33. The van der Waals surface area contributed by atoms with Crippen LogP contribution in [0.15, 0.2) is 56.7 Å². The maximum atomic E-state index is 12.5. The maximum Gasteiger partial charge on any atom is 0.250 e. The van der Waals surface area contributed by atoms with Gasteiger partial charge >= 0.3 is 0 Å². The summed E-state index contributed by atoms with van der Waals surface area (Å²) in [5, 5.41) is 12.9. The van der Waals surface area contributed by atoms with Crippen molar-refractivity contribution in [1.29, 1.82) is 0 Å². The number of furan rings is 1. The topological polar surface area (TPSA) is 79.5 Å². The Kier molecular flexibility index (Phi) is 4.93. The summed E-state index contributed by atoms with van der Waals surface area (Å²) >= 11 is 2.57. The maximum absolute atomic E-state index is 12.5. The van der Waals surface area contributed by atoms with Crippen LogP contribution in [0.5, 0.6) is 0 Å². The van der Waals surface area contributed by atoms with E-state index in [1.165, 1.54) is 28.9 Å². The zero-order valence-electron chi connectivity index (χ0n) is 12.9. The summed E-state index contributed by atoms with van der Waals surface area (Å²) in [6.07, 6.45) is 2.24. The molecule has 2 N–H and O–H groups in total. The highest BCUT2D eigenvalue weighted by Gasteiger charge is 2.37. The Balaban J connectivity index is 1.87. The largest absolute Gasteiger partial charge is 0.466 e. The number of hydrogen-bond acceptors (Lipinski definition) is 6. The fourth-order valence-electron chi connectivity index (χ4n) is 2.29. The van der Waals surface area contributed by atoms with Gasteiger partial charge in [0.2, 0.25) is 10.0 Å².